The minimum atomic E-state index is 0.347. The summed E-state index contributed by atoms with van der Waals surface area (Å²) in [5.74, 6) is 9.31. The highest BCUT2D eigenvalue weighted by atomic mass is 32.2. The van der Waals surface area contributed by atoms with E-state index in [0.717, 1.165) is 23.3 Å². The molecule has 1 aliphatic carbocycles. The molecule has 8 heteroatoms. The molecule has 2 saturated heterocycles. The molecular weight excluding hydrogens is 441 g/mol. The van der Waals surface area contributed by atoms with E-state index in [9.17, 15) is 10.2 Å². The van der Waals surface area contributed by atoms with Gasteiger partial charge >= 0.3 is 0 Å². The molecule has 3 fully saturated rings. The van der Waals surface area contributed by atoms with Crippen LogP contribution < -0.4 is 0 Å². The second-order valence-electron chi connectivity index (χ2n) is 7.38. The van der Waals surface area contributed by atoms with Crippen molar-refractivity contribution in [1.29, 1.82) is 0 Å². The molecule has 0 aromatic heterocycles. The lowest BCUT2D eigenvalue weighted by molar-refractivity contribution is 0.301. The van der Waals surface area contributed by atoms with Gasteiger partial charge in [-0.05, 0) is 42.6 Å². The maximum absolute atomic E-state index is 9.25. The third-order valence-corrected chi connectivity index (χ3v) is 15.0. The second kappa shape index (κ2) is 12.7. The average molecular weight is 473 g/mol. The summed E-state index contributed by atoms with van der Waals surface area (Å²) in [7, 11) is 0. The largest absolute Gasteiger partial charge is 0.395 e. The summed E-state index contributed by atoms with van der Waals surface area (Å²) in [5.41, 5.74) is 0. The Morgan fingerprint density at radius 1 is 0.731 bits per heavy atom. The maximum Gasteiger partial charge on any atom is 0.0597 e. The van der Waals surface area contributed by atoms with Crippen LogP contribution in [-0.2, 0) is 0 Å². The van der Waals surface area contributed by atoms with Crippen LogP contribution in [0.3, 0.4) is 0 Å². The number of thioether (sulfide) groups is 6. The van der Waals surface area contributed by atoms with Crippen molar-refractivity contribution in [3.8, 4) is 0 Å². The summed E-state index contributed by atoms with van der Waals surface area (Å²) in [6.45, 7) is 0.693. The fourth-order valence-electron chi connectivity index (χ4n) is 3.75. The van der Waals surface area contributed by atoms with Crippen LogP contribution in [0.25, 0.3) is 0 Å². The summed E-state index contributed by atoms with van der Waals surface area (Å²) in [5, 5.41) is 19.5. The predicted octanol–water partition coefficient (Wildman–Crippen LogP) is 4.59. The van der Waals surface area contributed by atoms with E-state index in [4.69, 9.17) is 0 Å². The van der Waals surface area contributed by atoms with Crippen LogP contribution in [0.15, 0.2) is 0 Å². The Bertz CT molecular complexity index is 368. The molecule has 6 atom stereocenters. The van der Waals surface area contributed by atoms with Crippen LogP contribution in [0.4, 0.5) is 0 Å². The molecule has 0 radical (unpaired) electrons. The lowest BCUT2D eigenvalue weighted by Crippen LogP contribution is -2.20. The van der Waals surface area contributed by atoms with Crippen molar-refractivity contribution in [2.75, 3.05) is 47.7 Å². The Labute approximate surface area is 184 Å². The molecule has 0 spiro atoms. The highest BCUT2D eigenvalue weighted by Gasteiger charge is 2.28. The number of rotatable bonds is 10. The molecule has 1 saturated carbocycles. The van der Waals surface area contributed by atoms with E-state index in [-0.39, 0.29) is 0 Å². The van der Waals surface area contributed by atoms with Gasteiger partial charge in [0.05, 0.1) is 22.4 Å². The van der Waals surface area contributed by atoms with Gasteiger partial charge in [0.1, 0.15) is 0 Å². The van der Waals surface area contributed by atoms with Gasteiger partial charge in [0.15, 0.2) is 0 Å². The van der Waals surface area contributed by atoms with Gasteiger partial charge in [-0.2, -0.15) is 23.5 Å². The molecule has 6 unspecified atom stereocenters. The first-order chi connectivity index (χ1) is 12.8. The fourth-order valence-corrected chi connectivity index (χ4v) is 13.5. The number of hydrogen-bond acceptors (Lipinski definition) is 8. The van der Waals surface area contributed by atoms with E-state index < -0.39 is 0 Å². The summed E-state index contributed by atoms with van der Waals surface area (Å²) in [6.07, 6.45) is 5.74. The van der Waals surface area contributed by atoms with Gasteiger partial charge in [-0.3, -0.25) is 0 Å². The summed E-state index contributed by atoms with van der Waals surface area (Å²) >= 11 is 12.4. The normalized spacial score (nSPS) is 38.1. The van der Waals surface area contributed by atoms with Crippen LogP contribution in [0.5, 0.6) is 0 Å². The van der Waals surface area contributed by atoms with Crippen molar-refractivity contribution >= 4 is 70.6 Å². The van der Waals surface area contributed by atoms with Crippen molar-refractivity contribution in [2.45, 2.75) is 45.3 Å². The van der Waals surface area contributed by atoms with E-state index in [1.54, 1.807) is 0 Å². The maximum atomic E-state index is 9.25. The summed E-state index contributed by atoms with van der Waals surface area (Å²) < 4.78 is 1.41. The van der Waals surface area contributed by atoms with Crippen molar-refractivity contribution in [3.05, 3.63) is 0 Å². The van der Waals surface area contributed by atoms with E-state index in [1.807, 2.05) is 47.0 Å². The van der Waals surface area contributed by atoms with Gasteiger partial charge in [0.2, 0.25) is 0 Å². The van der Waals surface area contributed by atoms with Gasteiger partial charge < -0.3 is 10.2 Å². The fraction of sp³-hybridized carbons (Fsp3) is 1.00. The van der Waals surface area contributed by atoms with Crippen LogP contribution in [0.2, 0.25) is 0 Å². The number of aliphatic hydroxyl groups is 2. The average Bonchev–Trinajstić information content (AvgIpc) is 3.31. The Morgan fingerprint density at radius 2 is 1.23 bits per heavy atom. The first kappa shape index (κ1) is 22.7. The molecule has 2 heterocycles. The van der Waals surface area contributed by atoms with E-state index in [1.165, 1.54) is 48.7 Å². The minimum absolute atomic E-state index is 0.347. The molecule has 2 aliphatic heterocycles. The minimum Gasteiger partial charge on any atom is -0.395 e. The molecular formula is C18H32O2S6. The van der Waals surface area contributed by atoms with Gasteiger partial charge in [-0.25, -0.2) is 0 Å². The molecule has 0 bridgehead atoms. The zero-order valence-corrected chi connectivity index (χ0v) is 20.2. The smallest absolute Gasteiger partial charge is 0.0597 e. The Balaban J connectivity index is 1.24. The van der Waals surface area contributed by atoms with Crippen molar-refractivity contribution in [3.63, 3.8) is 0 Å². The first-order valence-electron chi connectivity index (χ1n) is 9.68. The monoisotopic (exact) mass is 472 g/mol. The molecule has 0 aromatic carbocycles. The summed E-state index contributed by atoms with van der Waals surface area (Å²) in [6, 6.07) is 0. The Morgan fingerprint density at radius 3 is 1.65 bits per heavy atom. The molecule has 0 aromatic rings. The zero-order valence-electron chi connectivity index (χ0n) is 15.3. The van der Waals surface area contributed by atoms with E-state index in [2.05, 4.69) is 23.5 Å². The van der Waals surface area contributed by atoms with Gasteiger partial charge in [0, 0.05) is 33.5 Å². The van der Waals surface area contributed by atoms with Crippen LogP contribution >= 0.6 is 70.6 Å². The topological polar surface area (TPSA) is 40.5 Å². The highest BCUT2D eigenvalue weighted by molar-refractivity contribution is 8.22. The van der Waals surface area contributed by atoms with E-state index in [0.29, 0.717) is 32.9 Å². The van der Waals surface area contributed by atoms with Gasteiger partial charge in [0.25, 0.3) is 0 Å². The molecule has 3 aliphatic rings. The molecule has 3 rings (SSSR count). The van der Waals surface area contributed by atoms with Crippen LogP contribution in [0, 0.1) is 11.8 Å². The Hall–Kier alpha value is 2.02. The molecule has 2 N–H and O–H groups in total. The third kappa shape index (κ3) is 7.69. The van der Waals surface area contributed by atoms with Crippen molar-refractivity contribution < 1.29 is 10.2 Å². The first-order valence-corrected chi connectivity index (χ1v) is 16.0. The van der Waals surface area contributed by atoms with Crippen molar-refractivity contribution in [2.24, 2.45) is 11.8 Å². The SMILES string of the molecule is OCC1CSC(CSCC2CCCC(CSCC3SCC(CO)S3)C2)S1. The van der Waals surface area contributed by atoms with E-state index >= 15 is 0 Å². The number of aliphatic hydroxyl groups excluding tert-OH is 2. The van der Waals surface area contributed by atoms with Crippen LogP contribution in [-0.4, -0.2) is 77.6 Å². The lowest BCUT2D eigenvalue weighted by atomic mass is 9.83. The standard InChI is InChI=1S/C18H32O2S6/c19-5-15-9-23-17(25-15)11-21-7-13-2-1-3-14(4-13)8-22-12-18-24-10-16(6-20)26-18/h13-20H,1-12H2. The quantitative estimate of drug-likeness (QED) is 0.478. The predicted molar refractivity (Wildman–Crippen MR) is 130 cm³/mol. The zero-order chi connectivity index (χ0) is 18.2. The molecule has 26 heavy (non-hydrogen) atoms. The molecule has 2 nitrogen and oxygen atoms in total. The second-order valence-corrected chi connectivity index (χ2v) is 15.6. The lowest BCUT2D eigenvalue weighted by Gasteiger charge is -2.29. The van der Waals surface area contributed by atoms with Gasteiger partial charge in [-0.15, -0.1) is 47.0 Å². The van der Waals surface area contributed by atoms with Crippen LogP contribution in [0.1, 0.15) is 25.7 Å². The third-order valence-electron chi connectivity index (χ3n) is 5.14. The van der Waals surface area contributed by atoms with Gasteiger partial charge in [-0.1, -0.05) is 6.42 Å². The molecule has 0 amide bonds. The Kier molecular flexibility index (Phi) is 11.0. The van der Waals surface area contributed by atoms with Crippen molar-refractivity contribution in [1.82, 2.24) is 0 Å². The number of hydrogen-bond donors (Lipinski definition) is 2. The highest BCUT2D eigenvalue weighted by Crippen LogP contribution is 2.42. The summed E-state index contributed by atoms with van der Waals surface area (Å²) in [4.78, 5) is 0. The molecule has 152 valence electrons.